The van der Waals surface area contributed by atoms with Gasteiger partial charge in [-0.15, -0.1) is 11.3 Å². The van der Waals surface area contributed by atoms with Crippen molar-refractivity contribution in [2.75, 3.05) is 6.54 Å². The largest absolute Gasteiger partial charge is 0.309 e. The van der Waals surface area contributed by atoms with Crippen molar-refractivity contribution in [1.29, 1.82) is 0 Å². The Morgan fingerprint density at radius 1 is 1.47 bits per heavy atom. The van der Waals surface area contributed by atoms with Crippen molar-refractivity contribution < 1.29 is 4.39 Å². The Kier molecular flexibility index (Phi) is 5.07. The van der Waals surface area contributed by atoms with Crippen molar-refractivity contribution in [2.24, 2.45) is 0 Å². The van der Waals surface area contributed by atoms with Crippen LogP contribution in [0.1, 0.15) is 29.1 Å². The van der Waals surface area contributed by atoms with Crippen LogP contribution in [0.5, 0.6) is 0 Å². The lowest BCUT2D eigenvalue weighted by molar-refractivity contribution is 0.552. The third kappa shape index (κ3) is 3.61. The third-order valence-electron chi connectivity index (χ3n) is 2.99. The molecule has 1 aromatic heterocycles. The number of aryl methyl sites for hydroxylation is 1. The molecule has 0 aliphatic heterocycles. The molecule has 2 aromatic rings. The second kappa shape index (κ2) is 6.59. The highest BCUT2D eigenvalue weighted by atomic mass is 79.9. The van der Waals surface area contributed by atoms with Gasteiger partial charge in [-0.25, -0.2) is 9.37 Å². The maximum absolute atomic E-state index is 13.1. The van der Waals surface area contributed by atoms with E-state index in [1.165, 1.54) is 17.0 Å². The van der Waals surface area contributed by atoms with Gasteiger partial charge < -0.3 is 5.32 Å². The Morgan fingerprint density at radius 2 is 2.26 bits per heavy atom. The molecule has 1 unspecified atom stereocenters. The zero-order valence-corrected chi connectivity index (χ0v) is 13.3. The predicted molar refractivity (Wildman–Crippen MR) is 81.1 cm³/mol. The Hall–Kier alpha value is -0.780. The highest BCUT2D eigenvalue weighted by Gasteiger charge is 2.17. The highest BCUT2D eigenvalue weighted by Crippen LogP contribution is 2.28. The fourth-order valence-electron chi connectivity index (χ4n) is 2.06. The van der Waals surface area contributed by atoms with Crippen LogP contribution in [-0.2, 0) is 6.42 Å². The van der Waals surface area contributed by atoms with E-state index in [9.17, 15) is 4.39 Å². The molecule has 0 aliphatic rings. The first-order valence-corrected chi connectivity index (χ1v) is 7.86. The summed E-state index contributed by atoms with van der Waals surface area (Å²) in [5.41, 5.74) is 4.03. The molecule has 0 radical (unpaired) electrons. The van der Waals surface area contributed by atoms with Gasteiger partial charge in [0.25, 0.3) is 0 Å². The zero-order chi connectivity index (χ0) is 13.8. The molecule has 1 heterocycles. The summed E-state index contributed by atoms with van der Waals surface area (Å²) in [5, 5.41) is 3.47. The first-order chi connectivity index (χ1) is 9.11. The summed E-state index contributed by atoms with van der Waals surface area (Å²) in [4.78, 5) is 5.55. The molecular formula is C14H16BrFN2S. The summed E-state index contributed by atoms with van der Waals surface area (Å²) in [5.74, 6) is -0.218. The van der Waals surface area contributed by atoms with Gasteiger partial charge in [-0.2, -0.15) is 0 Å². The smallest absolute Gasteiger partial charge is 0.124 e. The van der Waals surface area contributed by atoms with Crippen LogP contribution in [-0.4, -0.2) is 11.5 Å². The number of aromatic nitrogens is 1. The van der Waals surface area contributed by atoms with Gasteiger partial charge >= 0.3 is 0 Å². The van der Waals surface area contributed by atoms with E-state index in [0.717, 1.165) is 28.7 Å². The molecule has 1 aromatic carbocycles. The maximum atomic E-state index is 13.1. The maximum Gasteiger partial charge on any atom is 0.124 e. The molecule has 1 atom stereocenters. The second-order valence-electron chi connectivity index (χ2n) is 4.35. The predicted octanol–water partition coefficient (Wildman–Crippen LogP) is 4.25. The van der Waals surface area contributed by atoms with Crippen molar-refractivity contribution in [2.45, 2.75) is 26.3 Å². The minimum absolute atomic E-state index is 0.218. The average Bonchev–Trinajstić information content (AvgIpc) is 2.78. The van der Waals surface area contributed by atoms with E-state index in [0.29, 0.717) is 0 Å². The van der Waals surface area contributed by atoms with Gasteiger partial charge in [0.1, 0.15) is 5.82 Å². The van der Waals surface area contributed by atoms with Gasteiger partial charge in [-0.1, -0.05) is 28.9 Å². The highest BCUT2D eigenvalue weighted by molar-refractivity contribution is 9.10. The number of hydrogen-bond acceptors (Lipinski definition) is 3. The fraction of sp³-hybridized carbons (Fsp3) is 0.357. The molecule has 0 fully saturated rings. The molecule has 1 N–H and O–H groups in total. The van der Waals surface area contributed by atoms with Crippen LogP contribution < -0.4 is 5.32 Å². The topological polar surface area (TPSA) is 24.9 Å². The van der Waals surface area contributed by atoms with Gasteiger partial charge in [-0.05, 0) is 37.6 Å². The van der Waals surface area contributed by atoms with E-state index in [1.54, 1.807) is 11.3 Å². The minimum Gasteiger partial charge on any atom is -0.309 e. The van der Waals surface area contributed by atoms with Gasteiger partial charge in [0.05, 0.1) is 11.2 Å². The SMILES string of the molecule is CCNC(Cc1ccc(F)cc1Br)c1scnc1C. The lowest BCUT2D eigenvalue weighted by Crippen LogP contribution is -2.23. The first-order valence-electron chi connectivity index (χ1n) is 6.19. The number of benzene rings is 1. The molecule has 0 spiro atoms. The molecular weight excluding hydrogens is 327 g/mol. The summed E-state index contributed by atoms with van der Waals surface area (Å²) in [7, 11) is 0. The van der Waals surface area contributed by atoms with Crippen molar-refractivity contribution in [3.8, 4) is 0 Å². The number of nitrogens with one attached hydrogen (secondary N) is 1. The van der Waals surface area contributed by atoms with E-state index in [2.05, 4.69) is 33.2 Å². The van der Waals surface area contributed by atoms with Crippen LogP contribution in [0.4, 0.5) is 4.39 Å². The summed E-state index contributed by atoms with van der Waals surface area (Å²) in [6, 6.07) is 5.07. The normalized spacial score (nSPS) is 12.6. The summed E-state index contributed by atoms with van der Waals surface area (Å²) in [6.07, 6.45) is 0.817. The fourth-order valence-corrected chi connectivity index (χ4v) is 3.45. The molecule has 0 saturated heterocycles. The monoisotopic (exact) mass is 342 g/mol. The summed E-state index contributed by atoms with van der Waals surface area (Å²) >= 11 is 5.09. The summed E-state index contributed by atoms with van der Waals surface area (Å²) in [6.45, 7) is 5.00. The Labute approximate surface area is 125 Å². The number of halogens is 2. The van der Waals surface area contributed by atoms with Crippen LogP contribution in [0, 0.1) is 12.7 Å². The molecule has 0 saturated carbocycles. The van der Waals surface area contributed by atoms with E-state index >= 15 is 0 Å². The Balaban J connectivity index is 2.24. The molecule has 102 valence electrons. The lowest BCUT2D eigenvalue weighted by Gasteiger charge is -2.18. The number of nitrogens with zero attached hydrogens (tertiary/aromatic N) is 1. The zero-order valence-electron chi connectivity index (χ0n) is 10.9. The van der Waals surface area contributed by atoms with Gasteiger partial charge in [0.15, 0.2) is 0 Å². The van der Waals surface area contributed by atoms with E-state index in [-0.39, 0.29) is 11.9 Å². The van der Waals surface area contributed by atoms with Crippen molar-refractivity contribution in [3.05, 3.63) is 50.1 Å². The number of thiazole rings is 1. The van der Waals surface area contributed by atoms with Gasteiger partial charge in [0.2, 0.25) is 0 Å². The minimum atomic E-state index is -0.218. The molecule has 2 nitrogen and oxygen atoms in total. The number of hydrogen-bond donors (Lipinski definition) is 1. The molecule has 5 heteroatoms. The van der Waals surface area contributed by atoms with Crippen LogP contribution in [0.3, 0.4) is 0 Å². The van der Waals surface area contributed by atoms with Crippen LogP contribution in [0.2, 0.25) is 0 Å². The molecule has 2 rings (SSSR count). The van der Waals surface area contributed by atoms with E-state index in [4.69, 9.17) is 0 Å². The standard InChI is InChI=1S/C14H16BrFN2S/c1-3-17-13(14-9(2)18-8-19-14)6-10-4-5-11(16)7-12(10)15/h4-5,7-8,13,17H,3,6H2,1-2H3. The van der Waals surface area contributed by atoms with E-state index in [1.807, 2.05) is 18.5 Å². The lowest BCUT2D eigenvalue weighted by atomic mass is 10.0. The quantitative estimate of drug-likeness (QED) is 0.878. The van der Waals surface area contributed by atoms with Crippen molar-refractivity contribution in [3.63, 3.8) is 0 Å². The third-order valence-corrected chi connectivity index (χ3v) is 4.77. The first kappa shape index (κ1) is 14.6. The van der Waals surface area contributed by atoms with Gasteiger partial charge in [0, 0.05) is 15.4 Å². The number of likely N-dealkylation sites (N-methyl/N-ethyl adjacent to an activating group) is 1. The average molecular weight is 343 g/mol. The van der Waals surface area contributed by atoms with Crippen molar-refractivity contribution in [1.82, 2.24) is 10.3 Å². The Bertz CT molecular complexity index is 556. The molecule has 0 amide bonds. The van der Waals surface area contributed by atoms with Crippen LogP contribution in [0.25, 0.3) is 0 Å². The van der Waals surface area contributed by atoms with Crippen molar-refractivity contribution >= 4 is 27.3 Å². The van der Waals surface area contributed by atoms with Crippen LogP contribution in [0.15, 0.2) is 28.2 Å². The van der Waals surface area contributed by atoms with E-state index < -0.39 is 0 Å². The van der Waals surface area contributed by atoms with Gasteiger partial charge in [-0.3, -0.25) is 0 Å². The molecule has 0 aliphatic carbocycles. The second-order valence-corrected chi connectivity index (χ2v) is 6.09. The molecule has 0 bridgehead atoms. The molecule has 19 heavy (non-hydrogen) atoms. The van der Waals surface area contributed by atoms with Crippen LogP contribution >= 0.6 is 27.3 Å². The summed E-state index contributed by atoms with van der Waals surface area (Å²) < 4.78 is 13.9. The number of rotatable bonds is 5. The Morgan fingerprint density at radius 3 is 2.84 bits per heavy atom.